The van der Waals surface area contributed by atoms with Gasteiger partial charge in [0.25, 0.3) is 0 Å². The van der Waals surface area contributed by atoms with Crippen LogP contribution in [0.3, 0.4) is 0 Å². The molecule has 0 aliphatic carbocycles. The highest BCUT2D eigenvalue weighted by molar-refractivity contribution is 6.07. The summed E-state index contributed by atoms with van der Waals surface area (Å²) in [6.07, 6.45) is 4.83. The molecule has 2 aromatic rings. The highest BCUT2D eigenvalue weighted by atomic mass is 35.5. The minimum atomic E-state index is 0. The van der Waals surface area contributed by atoms with E-state index in [1.165, 1.54) is 35.3 Å². The van der Waals surface area contributed by atoms with Crippen molar-refractivity contribution in [3.8, 4) is 0 Å². The molecule has 148 valence electrons. The molecule has 0 amide bonds. The van der Waals surface area contributed by atoms with E-state index in [4.69, 9.17) is 5.10 Å². The SMILES string of the molecule is CCCCN1C/C(=C\c2ccccc2)C2=NN(C)C(c3ccccc3)C2C1.Cl. The average molecular weight is 396 g/mol. The normalized spacial score (nSPS) is 23.3. The van der Waals surface area contributed by atoms with Crippen LogP contribution in [0.1, 0.15) is 36.9 Å². The monoisotopic (exact) mass is 395 g/mol. The lowest BCUT2D eigenvalue weighted by Gasteiger charge is -2.36. The maximum absolute atomic E-state index is 5.02. The third-order valence-corrected chi connectivity index (χ3v) is 5.69. The first-order valence-electron chi connectivity index (χ1n) is 10.1. The van der Waals surface area contributed by atoms with Crippen molar-refractivity contribution in [3.05, 3.63) is 77.4 Å². The summed E-state index contributed by atoms with van der Waals surface area (Å²) >= 11 is 0. The third kappa shape index (κ3) is 4.31. The van der Waals surface area contributed by atoms with E-state index in [9.17, 15) is 0 Å². The van der Waals surface area contributed by atoms with Crippen molar-refractivity contribution in [3.63, 3.8) is 0 Å². The molecule has 0 saturated carbocycles. The summed E-state index contributed by atoms with van der Waals surface area (Å²) in [5.41, 5.74) is 5.28. The summed E-state index contributed by atoms with van der Waals surface area (Å²) in [4.78, 5) is 2.62. The first-order valence-corrected chi connectivity index (χ1v) is 10.1. The number of unbranched alkanes of at least 4 members (excludes halogenated alkanes) is 1. The Morgan fingerprint density at radius 1 is 1.04 bits per heavy atom. The van der Waals surface area contributed by atoms with Gasteiger partial charge in [-0.3, -0.25) is 9.91 Å². The second-order valence-electron chi connectivity index (χ2n) is 7.69. The van der Waals surface area contributed by atoms with E-state index >= 15 is 0 Å². The lowest BCUT2D eigenvalue weighted by atomic mass is 9.83. The predicted molar refractivity (Wildman–Crippen MR) is 121 cm³/mol. The standard InChI is InChI=1S/C24H29N3.ClH/c1-3-4-15-27-17-21(16-19-11-7-5-8-12-19)23-22(18-27)24(26(2)25-23)20-13-9-6-10-14-20;/h5-14,16,22,24H,3-4,15,17-18H2,1-2H3;1H/b21-16+;. The van der Waals surface area contributed by atoms with Crippen molar-refractivity contribution < 1.29 is 0 Å². The molecule has 2 atom stereocenters. The highest BCUT2D eigenvalue weighted by Gasteiger charge is 2.41. The first-order chi connectivity index (χ1) is 13.3. The zero-order chi connectivity index (χ0) is 18.6. The molecule has 2 unspecified atom stereocenters. The summed E-state index contributed by atoms with van der Waals surface area (Å²) in [5.74, 6) is 0.429. The molecule has 2 heterocycles. The number of piperidine rings is 1. The fraction of sp³-hybridized carbons (Fsp3) is 0.375. The first kappa shape index (κ1) is 20.6. The van der Waals surface area contributed by atoms with E-state index in [1.54, 1.807) is 0 Å². The number of fused-ring (bicyclic) bond motifs is 1. The van der Waals surface area contributed by atoms with Gasteiger partial charge in [-0.15, -0.1) is 12.4 Å². The molecule has 4 heteroatoms. The smallest absolute Gasteiger partial charge is 0.0813 e. The second kappa shape index (κ2) is 9.40. The van der Waals surface area contributed by atoms with Crippen molar-refractivity contribution in [2.24, 2.45) is 11.0 Å². The van der Waals surface area contributed by atoms with Crippen LogP contribution in [0.5, 0.6) is 0 Å². The predicted octanol–water partition coefficient (Wildman–Crippen LogP) is 5.27. The van der Waals surface area contributed by atoms with Gasteiger partial charge in [-0.05, 0) is 35.7 Å². The van der Waals surface area contributed by atoms with Gasteiger partial charge < -0.3 is 0 Å². The minimum absolute atomic E-state index is 0. The van der Waals surface area contributed by atoms with Gasteiger partial charge in [0.2, 0.25) is 0 Å². The number of hydrogen-bond acceptors (Lipinski definition) is 3. The Morgan fingerprint density at radius 3 is 2.39 bits per heavy atom. The summed E-state index contributed by atoms with van der Waals surface area (Å²) in [7, 11) is 2.12. The Hall–Kier alpha value is -2.10. The van der Waals surface area contributed by atoms with E-state index < -0.39 is 0 Å². The van der Waals surface area contributed by atoms with Gasteiger partial charge in [-0.2, -0.15) is 5.10 Å². The zero-order valence-corrected chi connectivity index (χ0v) is 17.6. The van der Waals surface area contributed by atoms with Crippen LogP contribution < -0.4 is 0 Å². The van der Waals surface area contributed by atoms with E-state index in [1.807, 2.05) is 0 Å². The van der Waals surface area contributed by atoms with Gasteiger partial charge in [-0.1, -0.05) is 74.0 Å². The molecular formula is C24H30ClN3. The van der Waals surface area contributed by atoms with Gasteiger partial charge in [0, 0.05) is 26.1 Å². The number of hydrogen-bond donors (Lipinski definition) is 0. The van der Waals surface area contributed by atoms with Gasteiger partial charge >= 0.3 is 0 Å². The van der Waals surface area contributed by atoms with Gasteiger partial charge in [0.15, 0.2) is 0 Å². The van der Waals surface area contributed by atoms with Crippen LogP contribution in [-0.4, -0.2) is 42.3 Å². The topological polar surface area (TPSA) is 18.8 Å². The summed E-state index contributed by atoms with van der Waals surface area (Å²) < 4.78 is 0. The van der Waals surface area contributed by atoms with Crippen molar-refractivity contribution in [1.29, 1.82) is 0 Å². The molecule has 2 aliphatic rings. The molecule has 2 aromatic carbocycles. The molecule has 0 N–H and O–H groups in total. The van der Waals surface area contributed by atoms with Crippen molar-refractivity contribution >= 4 is 24.2 Å². The molecule has 28 heavy (non-hydrogen) atoms. The van der Waals surface area contributed by atoms with Crippen LogP contribution in [0.2, 0.25) is 0 Å². The molecule has 1 fully saturated rings. The van der Waals surface area contributed by atoms with Crippen molar-refractivity contribution in [1.82, 2.24) is 9.91 Å². The summed E-state index contributed by atoms with van der Waals surface area (Å²) in [5, 5.41) is 7.19. The Morgan fingerprint density at radius 2 is 1.71 bits per heavy atom. The Bertz CT molecular complexity index is 816. The number of rotatable bonds is 5. The van der Waals surface area contributed by atoms with E-state index in [0.717, 1.165) is 19.6 Å². The van der Waals surface area contributed by atoms with Crippen LogP contribution in [0.25, 0.3) is 6.08 Å². The Kier molecular flexibility index (Phi) is 6.93. The molecular weight excluding hydrogens is 366 g/mol. The molecule has 1 saturated heterocycles. The maximum Gasteiger partial charge on any atom is 0.0813 e. The molecule has 0 aromatic heterocycles. The lowest BCUT2D eigenvalue weighted by Crippen LogP contribution is -2.43. The number of nitrogens with zero attached hydrogens (tertiary/aromatic N) is 3. The fourth-order valence-electron chi connectivity index (χ4n) is 4.39. The Balaban J connectivity index is 0.00000225. The summed E-state index contributed by atoms with van der Waals surface area (Å²) in [6.45, 7) is 5.53. The molecule has 2 aliphatic heterocycles. The summed E-state index contributed by atoms with van der Waals surface area (Å²) in [6, 6.07) is 21.8. The molecule has 0 radical (unpaired) electrons. The largest absolute Gasteiger partial charge is 0.298 e. The average Bonchev–Trinajstić information content (AvgIpc) is 3.04. The molecule has 3 nitrogen and oxygen atoms in total. The molecule has 4 rings (SSSR count). The van der Waals surface area contributed by atoms with Crippen LogP contribution in [0, 0.1) is 5.92 Å². The van der Waals surface area contributed by atoms with Crippen molar-refractivity contribution in [2.75, 3.05) is 26.7 Å². The molecule has 0 bridgehead atoms. The van der Waals surface area contributed by atoms with Gasteiger partial charge in [-0.25, -0.2) is 0 Å². The lowest BCUT2D eigenvalue weighted by molar-refractivity contribution is 0.193. The number of benzene rings is 2. The van der Waals surface area contributed by atoms with E-state index in [2.05, 4.69) is 90.6 Å². The zero-order valence-electron chi connectivity index (χ0n) is 16.8. The van der Waals surface area contributed by atoms with Gasteiger partial charge in [0.05, 0.1) is 11.8 Å². The number of halogens is 1. The van der Waals surface area contributed by atoms with Crippen LogP contribution in [0.4, 0.5) is 0 Å². The van der Waals surface area contributed by atoms with Crippen molar-refractivity contribution in [2.45, 2.75) is 25.8 Å². The number of likely N-dealkylation sites (tertiary alicyclic amines) is 1. The third-order valence-electron chi connectivity index (χ3n) is 5.69. The minimum Gasteiger partial charge on any atom is -0.298 e. The molecule has 0 spiro atoms. The van der Waals surface area contributed by atoms with Gasteiger partial charge in [0.1, 0.15) is 0 Å². The quantitative estimate of drug-likeness (QED) is 0.687. The second-order valence-corrected chi connectivity index (χ2v) is 7.69. The number of hydrazone groups is 1. The van der Waals surface area contributed by atoms with E-state index in [-0.39, 0.29) is 12.4 Å². The highest BCUT2D eigenvalue weighted by Crippen LogP contribution is 2.39. The maximum atomic E-state index is 5.02. The van der Waals surface area contributed by atoms with Crippen LogP contribution in [0.15, 0.2) is 71.3 Å². The van der Waals surface area contributed by atoms with Crippen LogP contribution >= 0.6 is 12.4 Å². The Labute approximate surface area is 175 Å². The van der Waals surface area contributed by atoms with E-state index in [0.29, 0.717) is 12.0 Å². The van der Waals surface area contributed by atoms with Crippen LogP contribution in [-0.2, 0) is 0 Å². The fourth-order valence-corrected chi connectivity index (χ4v) is 4.39.